The molecule has 0 radical (unpaired) electrons. The van der Waals surface area contributed by atoms with E-state index in [1.807, 2.05) is 24.3 Å². The first-order valence-corrected chi connectivity index (χ1v) is 9.04. The van der Waals surface area contributed by atoms with E-state index in [9.17, 15) is 14.7 Å². The van der Waals surface area contributed by atoms with Gasteiger partial charge in [-0.25, -0.2) is 0 Å². The van der Waals surface area contributed by atoms with Gasteiger partial charge < -0.3 is 9.84 Å². The lowest BCUT2D eigenvalue weighted by atomic mass is 10.1. The maximum absolute atomic E-state index is 12.3. The van der Waals surface area contributed by atoms with Gasteiger partial charge in [-0.3, -0.25) is 20.4 Å². The molecule has 0 aromatic heterocycles. The summed E-state index contributed by atoms with van der Waals surface area (Å²) >= 11 is 11.8. The smallest absolute Gasteiger partial charge is 0.279 e. The molecular formula is C20H16Cl2N2O4. The Morgan fingerprint density at radius 1 is 1.00 bits per heavy atom. The summed E-state index contributed by atoms with van der Waals surface area (Å²) in [6, 6.07) is 14.9. The standard InChI is InChI=1S/C20H16Cl2N2O4/c1-11(28-18-7-6-14(21)10-16(18)22)19(26)23-24-20(27)15-8-12-4-2-3-5-13(12)9-17(15)25/h2-11,25H,1H3,(H,23,26)(H,24,27). The predicted molar refractivity (Wildman–Crippen MR) is 108 cm³/mol. The van der Waals surface area contributed by atoms with E-state index in [4.69, 9.17) is 27.9 Å². The van der Waals surface area contributed by atoms with E-state index in [1.54, 1.807) is 18.2 Å². The lowest BCUT2D eigenvalue weighted by Crippen LogP contribution is -2.47. The first kappa shape index (κ1) is 19.8. The van der Waals surface area contributed by atoms with Crippen molar-refractivity contribution >= 4 is 45.8 Å². The molecule has 0 saturated carbocycles. The number of hydrogen-bond donors (Lipinski definition) is 3. The van der Waals surface area contributed by atoms with Gasteiger partial charge in [0.15, 0.2) is 6.10 Å². The fourth-order valence-corrected chi connectivity index (χ4v) is 2.97. The van der Waals surface area contributed by atoms with Crippen LogP contribution < -0.4 is 15.6 Å². The Kier molecular flexibility index (Phi) is 5.92. The molecule has 3 N–H and O–H groups in total. The van der Waals surface area contributed by atoms with Gasteiger partial charge in [-0.1, -0.05) is 47.5 Å². The molecule has 3 rings (SSSR count). The molecule has 6 nitrogen and oxygen atoms in total. The van der Waals surface area contributed by atoms with Crippen LogP contribution in [0.15, 0.2) is 54.6 Å². The Labute approximate surface area is 171 Å². The fourth-order valence-electron chi connectivity index (χ4n) is 2.51. The van der Waals surface area contributed by atoms with E-state index < -0.39 is 17.9 Å². The van der Waals surface area contributed by atoms with Gasteiger partial charge in [0.05, 0.1) is 10.6 Å². The van der Waals surface area contributed by atoms with Gasteiger partial charge in [-0.05, 0) is 48.0 Å². The highest BCUT2D eigenvalue weighted by Gasteiger charge is 2.18. The number of carbonyl (C=O) groups excluding carboxylic acids is 2. The number of phenols is 1. The van der Waals surface area contributed by atoms with Crippen molar-refractivity contribution in [1.29, 1.82) is 0 Å². The van der Waals surface area contributed by atoms with Crippen molar-refractivity contribution in [2.75, 3.05) is 0 Å². The van der Waals surface area contributed by atoms with Crippen LogP contribution in [0.3, 0.4) is 0 Å². The number of nitrogens with one attached hydrogen (secondary N) is 2. The normalized spacial score (nSPS) is 11.7. The quantitative estimate of drug-likeness (QED) is 0.557. The fraction of sp³-hybridized carbons (Fsp3) is 0.100. The predicted octanol–water partition coefficient (Wildman–Crippen LogP) is 4.08. The Hall–Kier alpha value is -2.96. The molecule has 0 aliphatic carbocycles. The van der Waals surface area contributed by atoms with Gasteiger partial charge in [0.25, 0.3) is 11.8 Å². The van der Waals surface area contributed by atoms with Gasteiger partial charge in [-0.15, -0.1) is 0 Å². The van der Waals surface area contributed by atoms with Gasteiger partial charge in [0.1, 0.15) is 11.5 Å². The van der Waals surface area contributed by atoms with Crippen LogP contribution in [0.4, 0.5) is 0 Å². The third-order valence-corrected chi connectivity index (χ3v) is 4.51. The van der Waals surface area contributed by atoms with Gasteiger partial charge >= 0.3 is 0 Å². The molecule has 1 unspecified atom stereocenters. The minimum absolute atomic E-state index is 0.0355. The third-order valence-electron chi connectivity index (χ3n) is 3.97. The molecule has 0 fully saturated rings. The lowest BCUT2D eigenvalue weighted by Gasteiger charge is -2.16. The number of ether oxygens (including phenoxy) is 1. The van der Waals surface area contributed by atoms with Crippen LogP contribution in [0.2, 0.25) is 10.0 Å². The molecule has 2 amide bonds. The van der Waals surface area contributed by atoms with E-state index in [0.29, 0.717) is 5.02 Å². The second-order valence-corrected chi connectivity index (χ2v) is 6.84. The van der Waals surface area contributed by atoms with Gasteiger partial charge in [0.2, 0.25) is 0 Å². The summed E-state index contributed by atoms with van der Waals surface area (Å²) in [5.41, 5.74) is 4.56. The number of carbonyl (C=O) groups is 2. The number of fused-ring (bicyclic) bond motifs is 1. The molecule has 1 atom stereocenters. The molecule has 0 heterocycles. The SMILES string of the molecule is CC(Oc1ccc(Cl)cc1Cl)C(=O)NNC(=O)c1cc2ccccc2cc1O. The molecule has 3 aromatic rings. The van der Waals surface area contributed by atoms with E-state index >= 15 is 0 Å². The number of amides is 2. The van der Waals surface area contributed by atoms with Gasteiger partial charge in [0, 0.05) is 5.02 Å². The van der Waals surface area contributed by atoms with Crippen LogP contribution >= 0.6 is 23.2 Å². The molecule has 0 aliphatic rings. The van der Waals surface area contributed by atoms with E-state index in [-0.39, 0.29) is 22.1 Å². The number of rotatable bonds is 4. The summed E-state index contributed by atoms with van der Waals surface area (Å²) in [6.45, 7) is 1.50. The first-order valence-electron chi connectivity index (χ1n) is 8.29. The first-order chi connectivity index (χ1) is 13.3. The average Bonchev–Trinajstić information content (AvgIpc) is 2.67. The van der Waals surface area contributed by atoms with Crippen molar-refractivity contribution in [2.24, 2.45) is 0 Å². The van der Waals surface area contributed by atoms with Gasteiger partial charge in [-0.2, -0.15) is 0 Å². The monoisotopic (exact) mass is 418 g/mol. The highest BCUT2D eigenvalue weighted by Crippen LogP contribution is 2.28. The van der Waals surface area contributed by atoms with Crippen LogP contribution in [0.25, 0.3) is 10.8 Å². The Balaban J connectivity index is 1.63. The summed E-state index contributed by atoms with van der Waals surface area (Å²) in [6.07, 6.45) is -0.941. The zero-order chi connectivity index (χ0) is 20.3. The minimum Gasteiger partial charge on any atom is -0.507 e. The minimum atomic E-state index is -0.941. The third kappa shape index (κ3) is 4.47. The number of phenolic OH excluding ortho intramolecular Hbond substituents is 1. The molecule has 8 heteroatoms. The van der Waals surface area contributed by atoms with Crippen molar-refractivity contribution in [3.8, 4) is 11.5 Å². The molecule has 3 aromatic carbocycles. The van der Waals surface area contributed by atoms with Crippen molar-refractivity contribution in [3.05, 3.63) is 70.2 Å². The zero-order valence-electron chi connectivity index (χ0n) is 14.7. The number of benzene rings is 3. The topological polar surface area (TPSA) is 87.7 Å². The number of hydrazine groups is 1. The molecule has 0 bridgehead atoms. The zero-order valence-corrected chi connectivity index (χ0v) is 16.2. The number of halogens is 2. The summed E-state index contributed by atoms with van der Waals surface area (Å²) < 4.78 is 5.48. The van der Waals surface area contributed by atoms with Crippen LogP contribution in [0.1, 0.15) is 17.3 Å². The van der Waals surface area contributed by atoms with Crippen molar-refractivity contribution in [3.63, 3.8) is 0 Å². The number of aromatic hydroxyl groups is 1. The molecule has 28 heavy (non-hydrogen) atoms. The summed E-state index contributed by atoms with van der Waals surface area (Å²) in [5.74, 6) is -1.16. The largest absolute Gasteiger partial charge is 0.507 e. The average molecular weight is 419 g/mol. The Bertz CT molecular complexity index is 1060. The molecule has 144 valence electrons. The van der Waals surface area contributed by atoms with Crippen LogP contribution in [0, 0.1) is 0 Å². The van der Waals surface area contributed by atoms with Crippen LogP contribution in [0.5, 0.6) is 11.5 Å². The lowest BCUT2D eigenvalue weighted by molar-refractivity contribution is -0.128. The Morgan fingerprint density at radius 2 is 1.68 bits per heavy atom. The molecule has 0 saturated heterocycles. The second-order valence-electron chi connectivity index (χ2n) is 5.99. The summed E-state index contributed by atoms with van der Waals surface area (Å²) in [5, 5.41) is 12.4. The molecule has 0 spiro atoms. The molecular weight excluding hydrogens is 403 g/mol. The van der Waals surface area contributed by atoms with E-state index in [1.165, 1.54) is 19.1 Å². The highest BCUT2D eigenvalue weighted by atomic mass is 35.5. The van der Waals surface area contributed by atoms with E-state index in [0.717, 1.165) is 10.8 Å². The second kappa shape index (κ2) is 8.37. The van der Waals surface area contributed by atoms with Crippen molar-refractivity contribution < 1.29 is 19.4 Å². The highest BCUT2D eigenvalue weighted by molar-refractivity contribution is 6.35. The Morgan fingerprint density at radius 3 is 2.36 bits per heavy atom. The number of hydrogen-bond acceptors (Lipinski definition) is 4. The summed E-state index contributed by atoms with van der Waals surface area (Å²) in [7, 11) is 0. The van der Waals surface area contributed by atoms with Crippen LogP contribution in [-0.2, 0) is 4.79 Å². The van der Waals surface area contributed by atoms with E-state index in [2.05, 4.69) is 10.9 Å². The molecule has 0 aliphatic heterocycles. The maximum Gasteiger partial charge on any atom is 0.279 e. The van der Waals surface area contributed by atoms with Crippen molar-refractivity contribution in [2.45, 2.75) is 13.0 Å². The van der Waals surface area contributed by atoms with Crippen molar-refractivity contribution in [1.82, 2.24) is 10.9 Å². The van der Waals surface area contributed by atoms with Crippen LogP contribution in [-0.4, -0.2) is 23.0 Å². The summed E-state index contributed by atoms with van der Waals surface area (Å²) in [4.78, 5) is 24.5. The maximum atomic E-state index is 12.3.